The van der Waals surface area contributed by atoms with Crippen LogP contribution < -0.4 is 0 Å². The summed E-state index contributed by atoms with van der Waals surface area (Å²) >= 11 is -1.37. The molecule has 0 aromatic carbocycles. The first kappa shape index (κ1) is 7.43. The predicted octanol–water partition coefficient (Wildman–Crippen LogP) is 0.504. The van der Waals surface area contributed by atoms with Gasteiger partial charge in [0.1, 0.15) is 0 Å². The van der Waals surface area contributed by atoms with E-state index in [1.165, 1.54) is 11.6 Å². The molecule has 0 saturated carbocycles. The Kier molecular flexibility index (Phi) is 2.26. The van der Waals surface area contributed by atoms with Crippen LogP contribution in [0.5, 0.6) is 0 Å². The number of hydrogen-bond donors (Lipinski definition) is 1. The molecule has 5 heteroatoms. The van der Waals surface area contributed by atoms with E-state index < -0.39 is 21.3 Å². The molecule has 0 fully saturated rings. The Hall–Kier alpha value is 0.429. The van der Waals surface area contributed by atoms with Crippen molar-refractivity contribution in [2.24, 2.45) is 0 Å². The van der Waals surface area contributed by atoms with Crippen LogP contribution in [0.15, 0.2) is 0 Å². The summed E-state index contributed by atoms with van der Waals surface area (Å²) in [5.41, 5.74) is 0. The zero-order valence-corrected chi connectivity index (χ0v) is 5.95. The fourth-order valence-electron chi connectivity index (χ4n) is 0. The van der Waals surface area contributed by atoms with Gasteiger partial charge in [-0.2, -0.15) is 0 Å². The Morgan fingerprint density at radius 3 is 1.57 bits per heavy atom. The molecular formula is C2H7FeO3S. The van der Waals surface area contributed by atoms with Gasteiger partial charge in [-0.1, -0.05) is 0 Å². The molecule has 0 radical (unpaired) electrons. The molecule has 0 aliphatic carbocycles. The van der Waals surface area contributed by atoms with Crippen LogP contribution in [0.3, 0.4) is 0 Å². The van der Waals surface area contributed by atoms with Gasteiger partial charge in [0, 0.05) is 0 Å². The fourth-order valence-corrected chi connectivity index (χ4v) is 0. The van der Waals surface area contributed by atoms with E-state index in [9.17, 15) is 8.42 Å². The van der Waals surface area contributed by atoms with Crippen LogP contribution in [0.25, 0.3) is 0 Å². The second-order valence-electron chi connectivity index (χ2n) is 1.04. The molecule has 0 aliphatic heterocycles. The molecule has 0 amide bonds. The maximum absolute atomic E-state index is 9.92. The van der Waals surface area contributed by atoms with E-state index in [-0.39, 0.29) is 0 Å². The molecule has 0 spiro atoms. The third kappa shape index (κ3) is 3.05. The molecule has 1 N–H and O–H groups in total. The van der Waals surface area contributed by atoms with E-state index in [2.05, 4.69) is 0 Å². The zero-order valence-electron chi connectivity index (χ0n) is 4.03. The Morgan fingerprint density at radius 1 is 1.43 bits per heavy atom. The summed E-state index contributed by atoms with van der Waals surface area (Å²) in [5.74, 6) is 2.99. The number of rotatable bonds is 1. The maximum atomic E-state index is 9.92. The Labute approximate surface area is 46.4 Å². The van der Waals surface area contributed by atoms with Gasteiger partial charge in [0.25, 0.3) is 0 Å². The van der Waals surface area contributed by atoms with Gasteiger partial charge < -0.3 is 0 Å². The molecule has 0 atom stereocenters. The van der Waals surface area contributed by atoms with Crippen LogP contribution in [0.2, 0.25) is 11.6 Å². The van der Waals surface area contributed by atoms with Crippen molar-refractivity contribution in [2.45, 2.75) is 11.6 Å². The summed E-state index contributed by atoms with van der Waals surface area (Å²) in [5, 5.41) is 0. The SMILES string of the molecule is [CH3][Fe]([CH3])[S](=O)(=O)O. The molecule has 0 unspecified atom stereocenters. The van der Waals surface area contributed by atoms with Gasteiger partial charge in [-0.3, -0.25) is 0 Å². The van der Waals surface area contributed by atoms with Crippen molar-refractivity contribution >= 4 is 8.54 Å². The first-order chi connectivity index (χ1) is 2.94. The van der Waals surface area contributed by atoms with E-state index in [1.54, 1.807) is 0 Å². The van der Waals surface area contributed by atoms with Crippen LogP contribution in [0, 0.1) is 0 Å². The van der Waals surface area contributed by atoms with Crippen LogP contribution in [0.4, 0.5) is 0 Å². The molecule has 0 heterocycles. The second kappa shape index (κ2) is 2.13. The summed E-state index contributed by atoms with van der Waals surface area (Å²) in [6.07, 6.45) is 0. The summed E-state index contributed by atoms with van der Waals surface area (Å²) in [6.45, 7) is 0. The predicted molar refractivity (Wildman–Crippen MR) is 23.3 cm³/mol. The minimum atomic E-state index is -3.66. The minimum absolute atomic E-state index is 1.37. The molecule has 7 heavy (non-hydrogen) atoms. The van der Waals surface area contributed by atoms with E-state index in [0.29, 0.717) is 0 Å². The van der Waals surface area contributed by atoms with E-state index >= 15 is 0 Å². The molecule has 3 nitrogen and oxygen atoms in total. The van der Waals surface area contributed by atoms with Crippen LogP contribution in [-0.2, 0) is 21.3 Å². The van der Waals surface area contributed by atoms with E-state index in [1.807, 2.05) is 0 Å². The zero-order chi connectivity index (χ0) is 6.08. The van der Waals surface area contributed by atoms with Crippen molar-refractivity contribution in [3.8, 4) is 0 Å². The van der Waals surface area contributed by atoms with Crippen LogP contribution in [0.1, 0.15) is 0 Å². The van der Waals surface area contributed by atoms with Crippen molar-refractivity contribution in [1.29, 1.82) is 0 Å². The Morgan fingerprint density at radius 2 is 1.57 bits per heavy atom. The summed E-state index contributed by atoms with van der Waals surface area (Å²) in [6, 6.07) is 0. The molecule has 0 bridgehead atoms. The second-order valence-corrected chi connectivity index (χ2v) is 7.94. The van der Waals surface area contributed by atoms with Crippen molar-refractivity contribution in [3.05, 3.63) is 0 Å². The monoisotopic (exact) mass is 167 g/mol. The van der Waals surface area contributed by atoms with Crippen molar-refractivity contribution < 1.29 is 25.8 Å². The van der Waals surface area contributed by atoms with Crippen molar-refractivity contribution in [3.63, 3.8) is 0 Å². The normalized spacial score (nSPS) is 13.9. The molecule has 0 aromatic rings. The average molecular weight is 167 g/mol. The molecular weight excluding hydrogens is 160 g/mol. The Bertz CT molecular complexity index is 135. The first-order valence-corrected chi connectivity index (χ1v) is 6.25. The topological polar surface area (TPSA) is 54.4 Å². The molecule has 0 rings (SSSR count). The average Bonchev–Trinajstić information content (AvgIpc) is 1.31. The number of hydrogen-bond acceptors (Lipinski definition) is 2. The van der Waals surface area contributed by atoms with Crippen molar-refractivity contribution in [2.75, 3.05) is 0 Å². The van der Waals surface area contributed by atoms with Gasteiger partial charge in [-0.05, 0) is 0 Å². The molecule has 47 valence electrons. The Balaban J connectivity index is 4.10. The first-order valence-electron chi connectivity index (χ1n) is 1.37. The molecule has 0 saturated heterocycles. The van der Waals surface area contributed by atoms with Crippen LogP contribution >= 0.6 is 0 Å². The van der Waals surface area contributed by atoms with Gasteiger partial charge in [-0.15, -0.1) is 0 Å². The quantitative estimate of drug-likeness (QED) is 0.457. The summed E-state index contributed by atoms with van der Waals surface area (Å²) in [7, 11) is -3.66. The van der Waals surface area contributed by atoms with Gasteiger partial charge in [0.05, 0.1) is 0 Å². The van der Waals surface area contributed by atoms with E-state index in [4.69, 9.17) is 4.55 Å². The molecule has 0 aliphatic rings. The van der Waals surface area contributed by atoms with Gasteiger partial charge in [0.15, 0.2) is 0 Å². The van der Waals surface area contributed by atoms with Crippen LogP contribution in [-0.4, -0.2) is 13.0 Å². The summed E-state index contributed by atoms with van der Waals surface area (Å²) in [4.78, 5) is 0. The van der Waals surface area contributed by atoms with Crippen molar-refractivity contribution in [1.82, 2.24) is 0 Å². The third-order valence-electron chi connectivity index (χ3n) is 0.365. The standard InChI is InChI=1S/2CH3.Fe.HO3S/c;;;1-4(2)3/h2*1H3;;(H,1,2,3). The van der Waals surface area contributed by atoms with Gasteiger partial charge in [0.2, 0.25) is 0 Å². The van der Waals surface area contributed by atoms with E-state index in [0.717, 1.165) is 0 Å². The summed E-state index contributed by atoms with van der Waals surface area (Å²) < 4.78 is 28.0. The van der Waals surface area contributed by atoms with Gasteiger partial charge >= 0.3 is 45.9 Å². The fraction of sp³-hybridized carbons (Fsp3) is 1.00. The third-order valence-corrected chi connectivity index (χ3v) is 4.51. The molecule has 0 aromatic heterocycles. The van der Waals surface area contributed by atoms with Gasteiger partial charge in [-0.25, -0.2) is 0 Å².